The number of piperazine rings is 1. The van der Waals surface area contributed by atoms with Crippen LogP contribution in [0.4, 0.5) is 0 Å². The second kappa shape index (κ2) is 8.71. The molecule has 0 bridgehead atoms. The van der Waals surface area contributed by atoms with Gasteiger partial charge in [0.05, 0.1) is 11.4 Å². The molecule has 3 rings (SSSR count). The van der Waals surface area contributed by atoms with E-state index in [1.54, 1.807) is 12.1 Å². The van der Waals surface area contributed by atoms with Crippen molar-refractivity contribution in [2.45, 2.75) is 50.5 Å². The second-order valence-electron chi connectivity index (χ2n) is 7.93. The van der Waals surface area contributed by atoms with Crippen molar-refractivity contribution >= 4 is 15.9 Å². The minimum Gasteiger partial charge on any atom is -0.352 e. The molecule has 1 N–H and O–H groups in total. The molecule has 0 aromatic heterocycles. The van der Waals surface area contributed by atoms with Gasteiger partial charge in [0.25, 0.3) is 0 Å². The molecule has 1 aromatic rings. The molecule has 1 saturated heterocycles. The molecule has 150 valence electrons. The first kappa shape index (κ1) is 20.3. The van der Waals surface area contributed by atoms with Crippen LogP contribution < -0.4 is 5.32 Å². The van der Waals surface area contributed by atoms with Gasteiger partial charge >= 0.3 is 0 Å². The average Bonchev–Trinajstić information content (AvgIpc) is 2.64. The van der Waals surface area contributed by atoms with Gasteiger partial charge in [0.2, 0.25) is 15.9 Å². The summed E-state index contributed by atoms with van der Waals surface area (Å²) >= 11 is 0. The first-order chi connectivity index (χ1) is 12.9. The molecule has 1 aromatic carbocycles. The predicted octanol–water partition coefficient (Wildman–Crippen LogP) is 2.00. The first-order valence-corrected chi connectivity index (χ1v) is 11.4. The summed E-state index contributed by atoms with van der Waals surface area (Å²) in [6, 6.07) is 7.25. The van der Waals surface area contributed by atoms with Gasteiger partial charge in [-0.1, -0.05) is 37.5 Å². The maximum Gasteiger partial charge on any atom is 0.243 e. The maximum absolute atomic E-state index is 12.8. The highest BCUT2D eigenvalue weighted by Gasteiger charge is 2.29. The summed E-state index contributed by atoms with van der Waals surface area (Å²) in [6.07, 6.45) is 4.69. The van der Waals surface area contributed by atoms with Crippen LogP contribution in [0.5, 0.6) is 0 Å². The first-order valence-electron chi connectivity index (χ1n) is 9.95. The monoisotopic (exact) mass is 393 g/mol. The van der Waals surface area contributed by atoms with Crippen molar-refractivity contribution in [2.75, 3.05) is 32.7 Å². The molecule has 2 unspecified atom stereocenters. The Hall–Kier alpha value is -1.44. The fourth-order valence-corrected chi connectivity index (χ4v) is 5.40. The lowest BCUT2D eigenvalue weighted by Gasteiger charge is -2.34. The lowest BCUT2D eigenvalue weighted by atomic mass is 9.86. The molecule has 2 aliphatic rings. The van der Waals surface area contributed by atoms with Crippen LogP contribution in [0.15, 0.2) is 29.2 Å². The molecule has 1 amide bonds. The third kappa shape index (κ3) is 5.09. The molecule has 27 heavy (non-hydrogen) atoms. The molecular weight excluding hydrogens is 362 g/mol. The van der Waals surface area contributed by atoms with Gasteiger partial charge in [0.15, 0.2) is 0 Å². The van der Waals surface area contributed by atoms with E-state index in [1.807, 2.05) is 24.0 Å². The van der Waals surface area contributed by atoms with E-state index in [0.717, 1.165) is 12.0 Å². The average molecular weight is 394 g/mol. The fourth-order valence-electron chi connectivity index (χ4n) is 3.97. The van der Waals surface area contributed by atoms with Crippen molar-refractivity contribution in [3.05, 3.63) is 29.8 Å². The van der Waals surface area contributed by atoms with Crippen LogP contribution in [-0.2, 0) is 14.8 Å². The molecule has 1 aliphatic heterocycles. The number of carbonyl (C=O) groups is 1. The molecule has 0 radical (unpaired) electrons. The van der Waals surface area contributed by atoms with Crippen LogP contribution >= 0.6 is 0 Å². The van der Waals surface area contributed by atoms with Gasteiger partial charge in [-0.15, -0.1) is 0 Å². The number of aryl methyl sites for hydroxylation is 1. The quantitative estimate of drug-likeness (QED) is 0.831. The third-order valence-electron chi connectivity index (χ3n) is 5.82. The maximum atomic E-state index is 12.8. The second-order valence-corrected chi connectivity index (χ2v) is 9.87. The molecule has 1 saturated carbocycles. The smallest absolute Gasteiger partial charge is 0.243 e. The van der Waals surface area contributed by atoms with Crippen molar-refractivity contribution in [1.82, 2.24) is 14.5 Å². The zero-order valence-corrected chi connectivity index (χ0v) is 17.2. The summed E-state index contributed by atoms with van der Waals surface area (Å²) in [7, 11) is -3.45. The zero-order valence-electron chi connectivity index (χ0n) is 16.4. The molecule has 2 fully saturated rings. The standard InChI is InChI=1S/C20H31N3O3S/c1-16-7-9-18(10-8-16)27(25,26)23-13-11-22(12-14-23)15-20(24)21-19-6-4-3-5-17(19)2/h7-10,17,19H,3-6,11-15H2,1-2H3,(H,21,24). The number of benzene rings is 1. The van der Waals surface area contributed by atoms with Crippen molar-refractivity contribution < 1.29 is 13.2 Å². The lowest BCUT2D eigenvalue weighted by molar-refractivity contribution is -0.123. The molecule has 2 atom stereocenters. The summed E-state index contributed by atoms with van der Waals surface area (Å²) in [5.74, 6) is 0.600. The normalized spacial score (nSPS) is 25.3. The number of rotatable bonds is 5. The van der Waals surface area contributed by atoms with Gasteiger partial charge in [0, 0.05) is 32.2 Å². The van der Waals surface area contributed by atoms with Crippen LogP contribution in [0, 0.1) is 12.8 Å². The number of amides is 1. The Kier molecular flexibility index (Phi) is 6.55. The molecule has 6 nitrogen and oxygen atoms in total. The van der Waals surface area contributed by atoms with Gasteiger partial charge in [-0.3, -0.25) is 9.69 Å². The van der Waals surface area contributed by atoms with E-state index < -0.39 is 10.0 Å². The SMILES string of the molecule is Cc1ccc(S(=O)(=O)N2CCN(CC(=O)NC3CCCCC3C)CC2)cc1. The largest absolute Gasteiger partial charge is 0.352 e. The number of nitrogens with zero attached hydrogens (tertiary/aromatic N) is 2. The summed E-state index contributed by atoms with van der Waals surface area (Å²) in [6.45, 7) is 6.50. The summed E-state index contributed by atoms with van der Waals surface area (Å²) in [4.78, 5) is 14.8. The van der Waals surface area contributed by atoms with Crippen molar-refractivity contribution in [1.29, 1.82) is 0 Å². The highest BCUT2D eigenvalue weighted by atomic mass is 32.2. The topological polar surface area (TPSA) is 69.7 Å². The van der Waals surface area contributed by atoms with E-state index in [2.05, 4.69) is 12.2 Å². The van der Waals surface area contributed by atoms with E-state index in [-0.39, 0.29) is 11.9 Å². The van der Waals surface area contributed by atoms with Gasteiger partial charge < -0.3 is 5.32 Å². The number of carbonyl (C=O) groups excluding carboxylic acids is 1. The van der Waals surface area contributed by atoms with Crippen LogP contribution in [0.2, 0.25) is 0 Å². The molecule has 7 heteroatoms. The van der Waals surface area contributed by atoms with Crippen molar-refractivity contribution in [3.8, 4) is 0 Å². The van der Waals surface area contributed by atoms with Gasteiger partial charge in [-0.2, -0.15) is 4.31 Å². The number of hydrogen-bond donors (Lipinski definition) is 1. The Balaban J connectivity index is 1.49. The van der Waals surface area contributed by atoms with E-state index in [4.69, 9.17) is 0 Å². The van der Waals surface area contributed by atoms with Crippen molar-refractivity contribution in [2.24, 2.45) is 5.92 Å². The van der Waals surface area contributed by atoms with Crippen LogP contribution in [0.1, 0.15) is 38.2 Å². The van der Waals surface area contributed by atoms with E-state index in [9.17, 15) is 13.2 Å². The zero-order chi connectivity index (χ0) is 19.4. The summed E-state index contributed by atoms with van der Waals surface area (Å²) < 4.78 is 27.0. The van der Waals surface area contributed by atoms with E-state index >= 15 is 0 Å². The minimum atomic E-state index is -3.45. The van der Waals surface area contributed by atoms with E-state index in [0.29, 0.717) is 43.5 Å². The van der Waals surface area contributed by atoms with E-state index in [1.165, 1.54) is 23.6 Å². The highest BCUT2D eigenvalue weighted by molar-refractivity contribution is 7.89. The molecule has 0 spiro atoms. The Morgan fingerprint density at radius 2 is 1.70 bits per heavy atom. The summed E-state index contributed by atoms with van der Waals surface area (Å²) in [5, 5.41) is 3.18. The molecule has 1 aliphatic carbocycles. The minimum absolute atomic E-state index is 0.0589. The van der Waals surface area contributed by atoms with Crippen LogP contribution in [0.25, 0.3) is 0 Å². The summed E-state index contributed by atoms with van der Waals surface area (Å²) in [5.41, 5.74) is 1.04. The Morgan fingerprint density at radius 1 is 1.07 bits per heavy atom. The van der Waals surface area contributed by atoms with Crippen LogP contribution in [0.3, 0.4) is 0 Å². The van der Waals surface area contributed by atoms with Gasteiger partial charge in [-0.25, -0.2) is 8.42 Å². The predicted molar refractivity (Wildman–Crippen MR) is 106 cm³/mol. The number of sulfonamides is 1. The fraction of sp³-hybridized carbons (Fsp3) is 0.650. The third-order valence-corrected chi connectivity index (χ3v) is 7.73. The number of nitrogens with one attached hydrogen (secondary N) is 1. The lowest BCUT2D eigenvalue weighted by Crippen LogP contribution is -2.52. The van der Waals surface area contributed by atoms with Gasteiger partial charge in [0.1, 0.15) is 0 Å². The molecular formula is C20H31N3O3S. The van der Waals surface area contributed by atoms with Crippen LogP contribution in [-0.4, -0.2) is 62.3 Å². The number of hydrogen-bond acceptors (Lipinski definition) is 4. The highest BCUT2D eigenvalue weighted by Crippen LogP contribution is 2.23. The Morgan fingerprint density at radius 3 is 2.33 bits per heavy atom. The Bertz CT molecular complexity index is 740. The Labute approximate surface area is 163 Å². The molecule has 1 heterocycles. The van der Waals surface area contributed by atoms with Crippen molar-refractivity contribution in [3.63, 3.8) is 0 Å². The van der Waals surface area contributed by atoms with Gasteiger partial charge in [-0.05, 0) is 37.8 Å².